The first kappa shape index (κ1) is 18.5. The van der Waals surface area contributed by atoms with E-state index in [-0.39, 0.29) is 17.5 Å². The maximum absolute atomic E-state index is 12.7. The minimum atomic E-state index is -0.337. The van der Waals surface area contributed by atoms with E-state index in [0.29, 0.717) is 24.6 Å². The molecule has 0 aromatic carbocycles. The number of aromatic amines is 1. The molecule has 8 nitrogen and oxygen atoms in total. The molecule has 3 heterocycles. The zero-order valence-electron chi connectivity index (χ0n) is 15.8. The average Bonchev–Trinajstić information content (AvgIpc) is 2.93. The lowest BCUT2D eigenvalue weighted by atomic mass is 10.3. The van der Waals surface area contributed by atoms with Crippen LogP contribution in [-0.2, 0) is 6.54 Å². The Kier molecular flexibility index (Phi) is 5.69. The van der Waals surface area contributed by atoms with E-state index in [4.69, 9.17) is 0 Å². The highest BCUT2D eigenvalue weighted by Crippen LogP contribution is 2.36. The highest BCUT2D eigenvalue weighted by Gasteiger charge is 2.41. The van der Waals surface area contributed by atoms with E-state index < -0.39 is 0 Å². The maximum atomic E-state index is 12.7. The number of fused-ring (bicyclic) bond motifs is 1. The monoisotopic (exact) mass is 360 g/mol. The van der Waals surface area contributed by atoms with Crippen LogP contribution in [0, 0.1) is 11.8 Å². The number of anilines is 2. The number of hydrogen-bond donors (Lipinski definition) is 2. The standard InChI is InChI=1S/C18H28N6O2/c1-4-6-10-23-14-15(25)20-17(26)24(11-7-5-2)16(14)21(3)18(23)22-12-8-19-9-13-22/h18-19H,5,7-13H2,1-3H3,(H,20,25,26). The third-order valence-corrected chi connectivity index (χ3v) is 5.03. The molecule has 1 fully saturated rings. The lowest BCUT2D eigenvalue weighted by molar-refractivity contribution is 0.173. The summed E-state index contributed by atoms with van der Waals surface area (Å²) < 4.78 is 1.70. The van der Waals surface area contributed by atoms with Crippen LogP contribution < -0.4 is 26.4 Å². The van der Waals surface area contributed by atoms with Gasteiger partial charge in [0.15, 0.2) is 6.29 Å². The third kappa shape index (κ3) is 3.24. The summed E-state index contributed by atoms with van der Waals surface area (Å²) in [6, 6.07) is 0. The molecular formula is C18H28N6O2. The predicted octanol–water partition coefficient (Wildman–Crippen LogP) is -0.195. The summed E-state index contributed by atoms with van der Waals surface area (Å²) in [4.78, 5) is 34.1. The van der Waals surface area contributed by atoms with E-state index in [2.05, 4.69) is 38.9 Å². The number of piperazine rings is 1. The first-order valence-electron chi connectivity index (χ1n) is 9.31. The number of unbranched alkanes of at least 4 members (excludes halogenated alkanes) is 1. The Balaban J connectivity index is 2.11. The number of rotatable bonds is 5. The fourth-order valence-corrected chi connectivity index (χ4v) is 3.80. The summed E-state index contributed by atoms with van der Waals surface area (Å²) in [6.45, 7) is 8.53. The quantitative estimate of drug-likeness (QED) is 0.709. The van der Waals surface area contributed by atoms with Crippen molar-refractivity contribution in [2.24, 2.45) is 0 Å². The van der Waals surface area contributed by atoms with Crippen molar-refractivity contribution in [3.05, 3.63) is 20.8 Å². The van der Waals surface area contributed by atoms with E-state index in [1.54, 1.807) is 11.5 Å². The highest BCUT2D eigenvalue weighted by atomic mass is 16.2. The zero-order valence-corrected chi connectivity index (χ0v) is 15.8. The highest BCUT2D eigenvalue weighted by molar-refractivity contribution is 5.73. The van der Waals surface area contributed by atoms with Gasteiger partial charge in [-0.15, -0.1) is 5.92 Å². The molecule has 1 aromatic rings. The number of H-pyrrole nitrogens is 1. The second-order valence-corrected chi connectivity index (χ2v) is 6.73. The number of aromatic nitrogens is 2. The van der Waals surface area contributed by atoms with Gasteiger partial charge in [-0.2, -0.15) is 0 Å². The predicted molar refractivity (Wildman–Crippen MR) is 104 cm³/mol. The average molecular weight is 360 g/mol. The van der Waals surface area contributed by atoms with Crippen molar-refractivity contribution < 1.29 is 0 Å². The molecule has 142 valence electrons. The van der Waals surface area contributed by atoms with Crippen molar-refractivity contribution in [3.8, 4) is 11.8 Å². The van der Waals surface area contributed by atoms with Crippen LogP contribution in [0.25, 0.3) is 0 Å². The summed E-state index contributed by atoms with van der Waals surface area (Å²) in [5.74, 6) is 6.72. The minimum absolute atomic E-state index is 0.108. The van der Waals surface area contributed by atoms with Crippen molar-refractivity contribution in [3.63, 3.8) is 0 Å². The second-order valence-electron chi connectivity index (χ2n) is 6.73. The van der Waals surface area contributed by atoms with E-state index in [9.17, 15) is 9.59 Å². The van der Waals surface area contributed by atoms with Crippen LogP contribution in [-0.4, -0.2) is 60.5 Å². The molecule has 2 N–H and O–H groups in total. The van der Waals surface area contributed by atoms with Crippen molar-refractivity contribution in [2.75, 3.05) is 49.6 Å². The minimum Gasteiger partial charge on any atom is -0.326 e. The fraction of sp³-hybridized carbons (Fsp3) is 0.667. The molecule has 0 bridgehead atoms. The molecule has 1 aromatic heterocycles. The van der Waals surface area contributed by atoms with Crippen molar-refractivity contribution in [2.45, 2.75) is 39.5 Å². The number of nitrogens with zero attached hydrogens (tertiary/aromatic N) is 4. The first-order valence-corrected chi connectivity index (χ1v) is 9.31. The molecule has 3 rings (SSSR count). The number of hydrogen-bond acceptors (Lipinski definition) is 6. The molecule has 1 saturated heterocycles. The van der Waals surface area contributed by atoms with Gasteiger partial charge in [-0.05, 0) is 13.3 Å². The lowest BCUT2D eigenvalue weighted by Crippen LogP contribution is -2.59. The van der Waals surface area contributed by atoms with Gasteiger partial charge in [0.2, 0.25) is 0 Å². The smallest absolute Gasteiger partial charge is 0.326 e. The molecule has 1 unspecified atom stereocenters. The molecule has 2 aliphatic rings. The van der Waals surface area contributed by atoms with Gasteiger partial charge < -0.3 is 15.1 Å². The Bertz CT molecular complexity index is 812. The van der Waals surface area contributed by atoms with Crippen LogP contribution in [0.3, 0.4) is 0 Å². The van der Waals surface area contributed by atoms with Crippen LogP contribution in [0.1, 0.15) is 26.7 Å². The van der Waals surface area contributed by atoms with Crippen LogP contribution in [0.4, 0.5) is 11.5 Å². The Hall–Kier alpha value is -2.24. The van der Waals surface area contributed by atoms with Gasteiger partial charge in [-0.25, -0.2) is 4.79 Å². The lowest BCUT2D eigenvalue weighted by Gasteiger charge is -2.40. The molecule has 0 spiro atoms. The molecule has 0 radical (unpaired) electrons. The Morgan fingerprint density at radius 3 is 2.62 bits per heavy atom. The largest absolute Gasteiger partial charge is 0.330 e. The van der Waals surface area contributed by atoms with Crippen molar-refractivity contribution in [1.82, 2.24) is 19.8 Å². The van der Waals surface area contributed by atoms with Crippen LogP contribution in [0.5, 0.6) is 0 Å². The van der Waals surface area contributed by atoms with Crippen molar-refractivity contribution >= 4 is 11.5 Å². The van der Waals surface area contributed by atoms with Gasteiger partial charge in [-0.1, -0.05) is 19.3 Å². The van der Waals surface area contributed by atoms with Crippen LogP contribution in [0.15, 0.2) is 9.59 Å². The molecule has 26 heavy (non-hydrogen) atoms. The summed E-state index contributed by atoms with van der Waals surface area (Å²) in [5.41, 5.74) is -0.119. The normalized spacial score (nSPS) is 20.0. The van der Waals surface area contributed by atoms with Gasteiger partial charge >= 0.3 is 5.69 Å². The maximum Gasteiger partial charge on any atom is 0.330 e. The van der Waals surface area contributed by atoms with E-state index in [1.165, 1.54) is 0 Å². The van der Waals surface area contributed by atoms with Crippen LogP contribution >= 0.6 is 0 Å². The van der Waals surface area contributed by atoms with E-state index >= 15 is 0 Å². The van der Waals surface area contributed by atoms with Crippen molar-refractivity contribution in [1.29, 1.82) is 0 Å². The Morgan fingerprint density at radius 1 is 1.23 bits per heavy atom. The number of nitrogens with one attached hydrogen (secondary N) is 2. The van der Waals surface area contributed by atoms with E-state index in [0.717, 1.165) is 39.0 Å². The molecule has 1 atom stereocenters. The third-order valence-electron chi connectivity index (χ3n) is 5.03. The molecule has 0 amide bonds. The summed E-state index contributed by atoms with van der Waals surface area (Å²) in [7, 11) is 1.96. The summed E-state index contributed by atoms with van der Waals surface area (Å²) >= 11 is 0. The molecular weight excluding hydrogens is 332 g/mol. The van der Waals surface area contributed by atoms with E-state index in [1.807, 2.05) is 11.9 Å². The van der Waals surface area contributed by atoms with Gasteiger partial charge in [0, 0.05) is 39.8 Å². The SMILES string of the molecule is CC#CCN1c2c(n(CCCC)c(=O)[nH]c2=O)N(C)C1N1CCNCC1. The van der Waals surface area contributed by atoms with Gasteiger partial charge in [0.05, 0.1) is 6.54 Å². The molecule has 0 saturated carbocycles. The molecule has 0 aliphatic carbocycles. The Morgan fingerprint density at radius 2 is 1.96 bits per heavy atom. The summed E-state index contributed by atoms with van der Waals surface area (Å²) in [6.07, 6.45) is 1.76. The second kappa shape index (κ2) is 7.98. The first-order chi connectivity index (χ1) is 12.6. The van der Waals surface area contributed by atoms with Gasteiger partial charge in [0.1, 0.15) is 11.5 Å². The van der Waals surface area contributed by atoms with Gasteiger partial charge in [-0.3, -0.25) is 19.2 Å². The topological polar surface area (TPSA) is 76.6 Å². The summed E-state index contributed by atoms with van der Waals surface area (Å²) in [5, 5.41) is 3.36. The molecule has 8 heteroatoms. The fourth-order valence-electron chi connectivity index (χ4n) is 3.80. The zero-order chi connectivity index (χ0) is 18.7. The Labute approximate surface area is 153 Å². The molecule has 2 aliphatic heterocycles. The van der Waals surface area contributed by atoms with Gasteiger partial charge in [0.25, 0.3) is 5.56 Å². The van der Waals surface area contributed by atoms with Crippen LogP contribution in [0.2, 0.25) is 0 Å².